The lowest BCUT2D eigenvalue weighted by Crippen LogP contribution is -2.22. The lowest BCUT2D eigenvalue weighted by atomic mass is 10.2. The summed E-state index contributed by atoms with van der Waals surface area (Å²) < 4.78 is 0. The molecule has 1 amide bonds. The van der Waals surface area contributed by atoms with Crippen LogP contribution in [0.25, 0.3) is 0 Å². The van der Waals surface area contributed by atoms with Crippen molar-refractivity contribution in [2.24, 2.45) is 0 Å². The minimum atomic E-state index is 0.00658. The number of nitrogens with zero attached hydrogens (tertiary/aromatic N) is 1. The molecule has 0 unspecified atom stereocenters. The van der Waals surface area contributed by atoms with Crippen LogP contribution in [-0.2, 0) is 11.2 Å². The van der Waals surface area contributed by atoms with Crippen LogP contribution in [0.4, 0.5) is 0 Å². The molecule has 1 rings (SSSR count). The van der Waals surface area contributed by atoms with E-state index in [0.717, 1.165) is 17.7 Å². The molecule has 3 heteroatoms. The van der Waals surface area contributed by atoms with Crippen molar-refractivity contribution < 1.29 is 4.79 Å². The summed E-state index contributed by atoms with van der Waals surface area (Å²) in [5.74, 6) is 0.00658. The minimum absolute atomic E-state index is 0.00658. The normalized spacial score (nSPS) is 9.69. The number of pyridine rings is 1. The molecule has 1 N–H and O–H groups in total. The van der Waals surface area contributed by atoms with Gasteiger partial charge in [-0.1, -0.05) is 6.07 Å². The molecule has 13 heavy (non-hydrogen) atoms. The Labute approximate surface area is 78.2 Å². The maximum Gasteiger partial charge on any atom is 0.216 e. The monoisotopic (exact) mass is 178 g/mol. The Morgan fingerprint density at radius 2 is 2.31 bits per heavy atom. The molecule has 0 aromatic carbocycles. The summed E-state index contributed by atoms with van der Waals surface area (Å²) in [5.41, 5.74) is 2.17. The molecule has 0 radical (unpaired) electrons. The summed E-state index contributed by atoms with van der Waals surface area (Å²) in [6, 6.07) is 4.01. The number of rotatable bonds is 3. The van der Waals surface area contributed by atoms with Gasteiger partial charge in [0.15, 0.2) is 0 Å². The summed E-state index contributed by atoms with van der Waals surface area (Å²) >= 11 is 0. The maximum atomic E-state index is 10.6. The van der Waals surface area contributed by atoms with Gasteiger partial charge in [0, 0.05) is 31.8 Å². The van der Waals surface area contributed by atoms with Gasteiger partial charge in [0.2, 0.25) is 5.91 Å². The maximum absolute atomic E-state index is 10.6. The van der Waals surface area contributed by atoms with Crippen molar-refractivity contribution in [3.63, 3.8) is 0 Å². The molecule has 1 heterocycles. The topological polar surface area (TPSA) is 42.0 Å². The smallest absolute Gasteiger partial charge is 0.216 e. The molecule has 0 spiro atoms. The van der Waals surface area contributed by atoms with Crippen LogP contribution >= 0.6 is 0 Å². The second-order valence-corrected chi connectivity index (χ2v) is 3.06. The van der Waals surface area contributed by atoms with E-state index in [9.17, 15) is 4.79 Å². The minimum Gasteiger partial charge on any atom is -0.356 e. The molecule has 1 aromatic heterocycles. The fraction of sp³-hybridized carbons (Fsp3) is 0.400. The van der Waals surface area contributed by atoms with Gasteiger partial charge in [0.05, 0.1) is 0 Å². The highest BCUT2D eigenvalue weighted by molar-refractivity contribution is 5.72. The molecule has 0 bridgehead atoms. The van der Waals surface area contributed by atoms with Crippen molar-refractivity contribution in [3.8, 4) is 0 Å². The second-order valence-electron chi connectivity index (χ2n) is 3.06. The molecule has 0 aliphatic heterocycles. The number of aromatic nitrogens is 1. The van der Waals surface area contributed by atoms with Crippen molar-refractivity contribution in [1.29, 1.82) is 0 Å². The van der Waals surface area contributed by atoms with Crippen LogP contribution in [0.2, 0.25) is 0 Å². The fourth-order valence-corrected chi connectivity index (χ4v) is 1.01. The summed E-state index contributed by atoms with van der Waals surface area (Å²) in [6.45, 7) is 4.18. The van der Waals surface area contributed by atoms with Crippen LogP contribution in [0.5, 0.6) is 0 Å². The molecule has 3 nitrogen and oxygen atoms in total. The SMILES string of the molecule is CC(=O)NCCc1ccc(C)cn1. The predicted octanol–water partition coefficient (Wildman–Crippen LogP) is 1.07. The summed E-state index contributed by atoms with van der Waals surface area (Å²) in [7, 11) is 0. The number of hydrogen-bond acceptors (Lipinski definition) is 2. The predicted molar refractivity (Wildman–Crippen MR) is 51.4 cm³/mol. The standard InChI is InChI=1S/C10H14N2O/c1-8-3-4-10(12-7-8)5-6-11-9(2)13/h3-4,7H,5-6H2,1-2H3,(H,11,13). The second kappa shape index (κ2) is 4.60. The zero-order valence-electron chi connectivity index (χ0n) is 8.00. The average Bonchev–Trinajstić information content (AvgIpc) is 2.08. The Kier molecular flexibility index (Phi) is 3.43. The van der Waals surface area contributed by atoms with Crippen LogP contribution < -0.4 is 5.32 Å². The average molecular weight is 178 g/mol. The van der Waals surface area contributed by atoms with Gasteiger partial charge in [-0.2, -0.15) is 0 Å². The Bertz CT molecular complexity index is 279. The van der Waals surface area contributed by atoms with Crippen molar-refractivity contribution >= 4 is 5.91 Å². The third-order valence-corrected chi connectivity index (χ3v) is 1.73. The third kappa shape index (κ3) is 3.69. The molecule has 0 aliphatic carbocycles. The summed E-state index contributed by atoms with van der Waals surface area (Å²) in [4.78, 5) is 14.8. The lowest BCUT2D eigenvalue weighted by Gasteiger charge is -2.01. The van der Waals surface area contributed by atoms with E-state index in [1.54, 1.807) is 0 Å². The Morgan fingerprint density at radius 1 is 1.54 bits per heavy atom. The molecule has 1 aromatic rings. The van der Waals surface area contributed by atoms with Gasteiger partial charge >= 0.3 is 0 Å². The van der Waals surface area contributed by atoms with Crippen LogP contribution in [0, 0.1) is 6.92 Å². The fourth-order valence-electron chi connectivity index (χ4n) is 1.01. The number of aryl methyl sites for hydroxylation is 1. The lowest BCUT2D eigenvalue weighted by molar-refractivity contribution is -0.118. The van der Waals surface area contributed by atoms with E-state index in [2.05, 4.69) is 10.3 Å². The zero-order valence-corrected chi connectivity index (χ0v) is 8.00. The van der Waals surface area contributed by atoms with Gasteiger partial charge in [0.25, 0.3) is 0 Å². The van der Waals surface area contributed by atoms with Crippen LogP contribution in [0.15, 0.2) is 18.3 Å². The third-order valence-electron chi connectivity index (χ3n) is 1.73. The highest BCUT2D eigenvalue weighted by Gasteiger charge is 1.94. The Hall–Kier alpha value is -1.38. The molecule has 0 fully saturated rings. The highest BCUT2D eigenvalue weighted by atomic mass is 16.1. The van der Waals surface area contributed by atoms with Crippen LogP contribution in [-0.4, -0.2) is 17.4 Å². The van der Waals surface area contributed by atoms with Gasteiger partial charge in [-0.3, -0.25) is 9.78 Å². The first-order valence-electron chi connectivity index (χ1n) is 4.34. The molecular formula is C10H14N2O. The zero-order chi connectivity index (χ0) is 9.68. The van der Waals surface area contributed by atoms with Crippen LogP contribution in [0.1, 0.15) is 18.2 Å². The summed E-state index contributed by atoms with van der Waals surface area (Å²) in [6.07, 6.45) is 2.63. The molecular weight excluding hydrogens is 164 g/mol. The van der Waals surface area contributed by atoms with E-state index in [-0.39, 0.29) is 5.91 Å². The number of hydrogen-bond donors (Lipinski definition) is 1. The van der Waals surface area contributed by atoms with E-state index >= 15 is 0 Å². The van der Waals surface area contributed by atoms with Crippen LogP contribution in [0.3, 0.4) is 0 Å². The van der Waals surface area contributed by atoms with Crippen molar-refractivity contribution in [2.45, 2.75) is 20.3 Å². The number of carbonyl (C=O) groups excluding carboxylic acids is 1. The van der Waals surface area contributed by atoms with Gasteiger partial charge in [0.1, 0.15) is 0 Å². The first-order chi connectivity index (χ1) is 6.18. The molecule has 0 aliphatic rings. The van der Waals surface area contributed by atoms with Gasteiger partial charge < -0.3 is 5.32 Å². The largest absolute Gasteiger partial charge is 0.356 e. The van der Waals surface area contributed by atoms with E-state index in [1.807, 2.05) is 25.3 Å². The van der Waals surface area contributed by atoms with Crippen molar-refractivity contribution in [2.75, 3.05) is 6.54 Å². The van der Waals surface area contributed by atoms with Gasteiger partial charge in [-0.15, -0.1) is 0 Å². The Morgan fingerprint density at radius 3 is 2.85 bits per heavy atom. The van der Waals surface area contributed by atoms with E-state index in [0.29, 0.717) is 6.54 Å². The number of nitrogens with one attached hydrogen (secondary N) is 1. The number of carbonyl (C=O) groups is 1. The van der Waals surface area contributed by atoms with E-state index in [1.165, 1.54) is 6.92 Å². The van der Waals surface area contributed by atoms with Crippen molar-refractivity contribution in [1.82, 2.24) is 10.3 Å². The van der Waals surface area contributed by atoms with Gasteiger partial charge in [-0.25, -0.2) is 0 Å². The van der Waals surface area contributed by atoms with E-state index < -0.39 is 0 Å². The molecule has 0 saturated heterocycles. The first-order valence-corrected chi connectivity index (χ1v) is 4.34. The van der Waals surface area contributed by atoms with Crippen molar-refractivity contribution in [3.05, 3.63) is 29.6 Å². The first kappa shape index (κ1) is 9.71. The highest BCUT2D eigenvalue weighted by Crippen LogP contribution is 1.98. The summed E-state index contributed by atoms with van der Waals surface area (Å²) in [5, 5.41) is 2.73. The Balaban J connectivity index is 2.37. The molecule has 0 atom stereocenters. The van der Waals surface area contributed by atoms with E-state index in [4.69, 9.17) is 0 Å². The molecule has 0 saturated carbocycles. The quantitative estimate of drug-likeness (QED) is 0.752. The molecule has 70 valence electrons. The van der Waals surface area contributed by atoms with Gasteiger partial charge in [-0.05, 0) is 18.6 Å². The number of amides is 1.